The fourth-order valence-electron chi connectivity index (χ4n) is 5.51. The molecule has 0 N–H and O–H groups in total. The number of allylic oxidation sites excluding steroid dienone is 7. The first-order chi connectivity index (χ1) is 17.8. The number of rotatable bonds is 12. The predicted molar refractivity (Wildman–Crippen MR) is 165 cm³/mol. The van der Waals surface area contributed by atoms with Crippen molar-refractivity contribution in [3.63, 3.8) is 0 Å². The molecule has 0 saturated heterocycles. The summed E-state index contributed by atoms with van der Waals surface area (Å²) in [5, 5.41) is 5.87. The van der Waals surface area contributed by atoms with Gasteiger partial charge in [-0.05, 0) is 87.6 Å². The van der Waals surface area contributed by atoms with Gasteiger partial charge in [0.1, 0.15) is 0 Å². The smallest absolute Gasteiger partial charge is 0.0115 e. The van der Waals surface area contributed by atoms with Crippen molar-refractivity contribution in [1.82, 2.24) is 0 Å². The van der Waals surface area contributed by atoms with Crippen LogP contribution in [0, 0.1) is 5.92 Å². The molecular formula is C35H42S. The predicted octanol–water partition coefficient (Wildman–Crippen LogP) is 10.9. The lowest BCUT2D eigenvalue weighted by Gasteiger charge is -2.18. The van der Waals surface area contributed by atoms with Crippen molar-refractivity contribution >= 4 is 39.4 Å². The molecule has 0 radical (unpaired) electrons. The Labute approximate surface area is 223 Å². The molecule has 0 nitrogen and oxygen atoms in total. The van der Waals surface area contributed by atoms with Crippen LogP contribution in [0.3, 0.4) is 0 Å². The molecule has 0 spiro atoms. The van der Waals surface area contributed by atoms with E-state index in [1.54, 1.807) is 11.1 Å². The van der Waals surface area contributed by atoms with Crippen molar-refractivity contribution in [3.05, 3.63) is 101 Å². The van der Waals surface area contributed by atoms with Crippen molar-refractivity contribution in [1.29, 1.82) is 0 Å². The first kappa shape index (κ1) is 26.6. The molecule has 0 bridgehead atoms. The number of thioether (sulfide) groups is 1. The molecule has 1 aliphatic rings. The van der Waals surface area contributed by atoms with E-state index in [2.05, 4.69) is 105 Å². The first-order valence-corrected chi connectivity index (χ1v) is 15.2. The largest absolute Gasteiger partial charge is 0.133 e. The van der Waals surface area contributed by atoms with E-state index >= 15 is 0 Å². The molecule has 36 heavy (non-hydrogen) atoms. The zero-order valence-corrected chi connectivity index (χ0v) is 23.2. The molecule has 3 aromatic carbocycles. The zero-order valence-electron chi connectivity index (χ0n) is 22.4. The van der Waals surface area contributed by atoms with Gasteiger partial charge in [-0.3, -0.25) is 0 Å². The Bertz CT molecular complexity index is 1270. The molecule has 1 unspecified atom stereocenters. The van der Waals surface area contributed by atoms with Gasteiger partial charge in [-0.1, -0.05) is 118 Å². The Morgan fingerprint density at radius 1 is 0.833 bits per heavy atom. The Hall–Kier alpha value is -2.51. The summed E-state index contributed by atoms with van der Waals surface area (Å²) < 4.78 is 0. The molecule has 1 heteroatoms. The average molecular weight is 495 g/mol. The van der Waals surface area contributed by atoms with Crippen molar-refractivity contribution in [2.75, 3.05) is 6.26 Å². The standard InChI is InChI=1S/C35H42S/c1-4-6-9-19-31-29-21-13-14-22-30(29)32(20-10-7-5-2)34-26-27(24-25-33(31)34)16-15-23-35(36-3)28-17-11-8-12-18-28/h8,11-17,21-26,28H,4-7,9-10,18-20H2,1-3H3/b16-15+,35-23-. The quantitative estimate of drug-likeness (QED) is 0.137. The summed E-state index contributed by atoms with van der Waals surface area (Å²) in [6.07, 6.45) is 29.0. The highest BCUT2D eigenvalue weighted by molar-refractivity contribution is 8.02. The second-order valence-corrected chi connectivity index (χ2v) is 10.9. The van der Waals surface area contributed by atoms with Gasteiger partial charge < -0.3 is 0 Å². The van der Waals surface area contributed by atoms with Crippen LogP contribution >= 0.6 is 11.8 Å². The molecular weight excluding hydrogens is 452 g/mol. The normalized spacial score (nSPS) is 16.1. The third-order valence-corrected chi connectivity index (χ3v) is 8.37. The van der Waals surface area contributed by atoms with Crippen molar-refractivity contribution in [2.24, 2.45) is 5.92 Å². The van der Waals surface area contributed by atoms with E-state index in [4.69, 9.17) is 0 Å². The Morgan fingerprint density at radius 3 is 2.11 bits per heavy atom. The molecule has 0 aromatic heterocycles. The van der Waals surface area contributed by atoms with Crippen LogP contribution in [-0.2, 0) is 12.8 Å². The van der Waals surface area contributed by atoms with Gasteiger partial charge in [-0.2, -0.15) is 0 Å². The number of aryl methyl sites for hydroxylation is 2. The summed E-state index contributed by atoms with van der Waals surface area (Å²) in [6.45, 7) is 4.59. The lowest BCUT2D eigenvalue weighted by molar-refractivity contribution is 0.719. The summed E-state index contributed by atoms with van der Waals surface area (Å²) in [4.78, 5) is 1.43. The van der Waals surface area contributed by atoms with E-state index in [1.165, 1.54) is 77.0 Å². The maximum atomic E-state index is 2.46. The van der Waals surface area contributed by atoms with Gasteiger partial charge in [-0.25, -0.2) is 0 Å². The van der Waals surface area contributed by atoms with Crippen LogP contribution in [-0.4, -0.2) is 6.26 Å². The topological polar surface area (TPSA) is 0 Å². The van der Waals surface area contributed by atoms with Crippen LogP contribution in [0.15, 0.2) is 83.8 Å². The van der Waals surface area contributed by atoms with E-state index < -0.39 is 0 Å². The average Bonchev–Trinajstić information content (AvgIpc) is 2.92. The highest BCUT2D eigenvalue weighted by Gasteiger charge is 2.14. The fourth-order valence-corrected chi connectivity index (χ4v) is 6.20. The molecule has 0 aliphatic heterocycles. The maximum absolute atomic E-state index is 2.46. The van der Waals surface area contributed by atoms with E-state index in [0.717, 1.165) is 12.8 Å². The van der Waals surface area contributed by atoms with Gasteiger partial charge in [0, 0.05) is 5.92 Å². The Kier molecular flexibility index (Phi) is 10.1. The third kappa shape index (κ3) is 6.43. The maximum Gasteiger partial charge on any atom is 0.0115 e. The SMILES string of the molecule is CCCCCc1c2ccccc2c(CCCCC)c2cc(/C=C/C=C(\SC)C3C=CC=CC3)ccc12. The summed E-state index contributed by atoms with van der Waals surface area (Å²) in [7, 11) is 0. The lowest BCUT2D eigenvalue weighted by Crippen LogP contribution is -1.98. The minimum absolute atomic E-state index is 0.508. The van der Waals surface area contributed by atoms with E-state index in [0.29, 0.717) is 5.92 Å². The van der Waals surface area contributed by atoms with Crippen LogP contribution < -0.4 is 0 Å². The van der Waals surface area contributed by atoms with Crippen LogP contribution in [0.2, 0.25) is 0 Å². The monoisotopic (exact) mass is 494 g/mol. The molecule has 3 aromatic rings. The number of unbranched alkanes of at least 4 members (excludes halogenated alkanes) is 4. The van der Waals surface area contributed by atoms with Crippen LogP contribution in [0.25, 0.3) is 27.6 Å². The molecule has 0 amide bonds. The Morgan fingerprint density at radius 2 is 1.50 bits per heavy atom. The minimum atomic E-state index is 0.508. The summed E-state index contributed by atoms with van der Waals surface area (Å²) in [5.41, 5.74) is 4.39. The first-order valence-electron chi connectivity index (χ1n) is 14.0. The van der Waals surface area contributed by atoms with E-state index in [-0.39, 0.29) is 0 Å². The van der Waals surface area contributed by atoms with Crippen LogP contribution in [0.5, 0.6) is 0 Å². The molecule has 1 aliphatic carbocycles. The van der Waals surface area contributed by atoms with Gasteiger partial charge in [-0.15, -0.1) is 11.8 Å². The highest BCUT2D eigenvalue weighted by atomic mass is 32.2. The van der Waals surface area contributed by atoms with E-state index in [1.807, 2.05) is 11.8 Å². The second kappa shape index (κ2) is 13.7. The lowest BCUT2D eigenvalue weighted by atomic mass is 9.87. The number of hydrogen-bond donors (Lipinski definition) is 0. The molecule has 0 heterocycles. The van der Waals surface area contributed by atoms with Crippen LogP contribution in [0.1, 0.15) is 75.5 Å². The molecule has 188 valence electrons. The van der Waals surface area contributed by atoms with Gasteiger partial charge >= 0.3 is 0 Å². The number of fused-ring (bicyclic) bond motifs is 2. The molecule has 0 saturated carbocycles. The highest BCUT2D eigenvalue weighted by Crippen LogP contribution is 2.36. The second-order valence-electron chi connectivity index (χ2n) is 10.0. The van der Waals surface area contributed by atoms with Crippen molar-refractivity contribution in [2.45, 2.75) is 71.6 Å². The number of hydrogen-bond acceptors (Lipinski definition) is 1. The number of benzene rings is 3. The summed E-state index contributed by atoms with van der Waals surface area (Å²) in [6, 6.07) is 16.3. The molecule has 0 fully saturated rings. The van der Waals surface area contributed by atoms with Gasteiger partial charge in [0.05, 0.1) is 0 Å². The third-order valence-electron chi connectivity index (χ3n) is 7.46. The van der Waals surface area contributed by atoms with Gasteiger partial charge in [0.2, 0.25) is 0 Å². The van der Waals surface area contributed by atoms with Gasteiger partial charge in [0.25, 0.3) is 0 Å². The summed E-state index contributed by atoms with van der Waals surface area (Å²) >= 11 is 1.87. The van der Waals surface area contributed by atoms with Crippen molar-refractivity contribution in [3.8, 4) is 0 Å². The minimum Gasteiger partial charge on any atom is -0.133 e. The summed E-state index contributed by atoms with van der Waals surface area (Å²) in [5.74, 6) is 0.508. The van der Waals surface area contributed by atoms with Gasteiger partial charge in [0.15, 0.2) is 0 Å². The fraction of sp³-hybridized carbons (Fsp3) is 0.371. The van der Waals surface area contributed by atoms with Crippen LogP contribution in [0.4, 0.5) is 0 Å². The molecule has 1 atom stereocenters. The van der Waals surface area contributed by atoms with E-state index in [9.17, 15) is 0 Å². The Balaban J connectivity index is 1.75. The van der Waals surface area contributed by atoms with Crippen molar-refractivity contribution < 1.29 is 0 Å². The zero-order chi connectivity index (χ0) is 25.2. The molecule has 4 rings (SSSR count).